The molecule has 0 aliphatic carbocycles. The van der Waals surface area contributed by atoms with E-state index in [1.165, 1.54) is 0 Å². The van der Waals surface area contributed by atoms with E-state index >= 15 is 0 Å². The Morgan fingerprint density at radius 1 is 1.69 bits per heavy atom. The topological polar surface area (TPSA) is 36.4 Å². The number of aromatic nitrogens is 1. The van der Waals surface area contributed by atoms with Crippen molar-refractivity contribution in [1.29, 1.82) is 0 Å². The minimum Gasteiger partial charge on any atom is -0.396 e. The maximum atomic E-state index is 8.97. The molecule has 1 N–H and O–H groups in total. The Kier molecular flexibility index (Phi) is 2.93. The number of thiazole rings is 1. The highest BCUT2D eigenvalue weighted by atomic mass is 32.1. The van der Waals surface area contributed by atoms with Crippen LogP contribution in [0.3, 0.4) is 0 Å². The Labute approximate surface area is 82.0 Å². The van der Waals surface area contributed by atoms with Crippen LogP contribution in [0.2, 0.25) is 0 Å². The second-order valence-corrected chi connectivity index (χ2v) is 4.27. The number of likely N-dealkylation sites (tertiary alicyclic amines) is 1. The zero-order valence-corrected chi connectivity index (χ0v) is 8.33. The number of rotatable bonds is 3. The van der Waals surface area contributed by atoms with Gasteiger partial charge in [0.15, 0.2) is 0 Å². The van der Waals surface area contributed by atoms with Gasteiger partial charge in [0.1, 0.15) is 0 Å². The summed E-state index contributed by atoms with van der Waals surface area (Å²) in [5.41, 5.74) is 3.03. The summed E-state index contributed by atoms with van der Waals surface area (Å²) in [4.78, 5) is 6.60. The number of nitrogens with zero attached hydrogens (tertiary/aromatic N) is 2. The van der Waals surface area contributed by atoms with Gasteiger partial charge in [0, 0.05) is 25.1 Å². The summed E-state index contributed by atoms with van der Waals surface area (Å²) in [5, 5.41) is 11.1. The number of hydrogen-bond donors (Lipinski definition) is 1. The lowest BCUT2D eigenvalue weighted by Crippen LogP contribution is -2.21. The monoisotopic (exact) mass is 198 g/mol. The van der Waals surface area contributed by atoms with Gasteiger partial charge in [-0.25, -0.2) is 4.98 Å². The molecule has 0 amide bonds. The van der Waals surface area contributed by atoms with Crippen LogP contribution in [-0.4, -0.2) is 34.7 Å². The van der Waals surface area contributed by atoms with Gasteiger partial charge in [0.25, 0.3) is 0 Å². The standard InChI is InChI=1S/C9H14N2OS/c12-5-8-1-2-11(3-8)4-9-6-13-7-10-9/h6-8,12H,1-5H2. The number of hydrogen-bond acceptors (Lipinski definition) is 4. The van der Waals surface area contributed by atoms with Gasteiger partial charge in [-0.2, -0.15) is 0 Å². The molecule has 1 aliphatic heterocycles. The largest absolute Gasteiger partial charge is 0.396 e. The first-order valence-corrected chi connectivity index (χ1v) is 5.53. The molecular formula is C9H14N2OS. The average molecular weight is 198 g/mol. The molecule has 0 spiro atoms. The van der Waals surface area contributed by atoms with Crippen molar-refractivity contribution >= 4 is 11.3 Å². The molecule has 3 nitrogen and oxygen atoms in total. The summed E-state index contributed by atoms with van der Waals surface area (Å²) >= 11 is 1.64. The van der Waals surface area contributed by atoms with Crippen molar-refractivity contribution in [3.8, 4) is 0 Å². The van der Waals surface area contributed by atoms with Gasteiger partial charge in [-0.05, 0) is 18.9 Å². The zero-order chi connectivity index (χ0) is 9.10. The first-order valence-electron chi connectivity index (χ1n) is 4.59. The average Bonchev–Trinajstić information content (AvgIpc) is 2.76. The summed E-state index contributed by atoms with van der Waals surface area (Å²) in [5.74, 6) is 0.485. The Morgan fingerprint density at radius 3 is 3.23 bits per heavy atom. The Balaban J connectivity index is 1.84. The SMILES string of the molecule is OCC1CCN(Cc2cscn2)C1. The minimum atomic E-state index is 0.327. The molecule has 72 valence electrons. The third-order valence-electron chi connectivity index (χ3n) is 2.50. The third kappa shape index (κ3) is 2.27. The summed E-state index contributed by atoms with van der Waals surface area (Å²) < 4.78 is 0. The van der Waals surface area contributed by atoms with Crippen molar-refractivity contribution in [3.63, 3.8) is 0 Å². The molecule has 4 heteroatoms. The molecule has 13 heavy (non-hydrogen) atoms. The number of aliphatic hydroxyl groups excluding tert-OH is 1. The lowest BCUT2D eigenvalue weighted by Gasteiger charge is -2.13. The van der Waals surface area contributed by atoms with E-state index in [4.69, 9.17) is 5.11 Å². The van der Waals surface area contributed by atoms with E-state index < -0.39 is 0 Å². The Bertz CT molecular complexity index is 250. The van der Waals surface area contributed by atoms with E-state index in [1.54, 1.807) is 11.3 Å². The van der Waals surface area contributed by atoms with Crippen molar-refractivity contribution in [2.45, 2.75) is 13.0 Å². The van der Waals surface area contributed by atoms with Gasteiger partial charge in [-0.3, -0.25) is 4.90 Å². The van der Waals surface area contributed by atoms with Crippen LogP contribution in [-0.2, 0) is 6.54 Å². The molecule has 1 fully saturated rings. The van der Waals surface area contributed by atoms with Gasteiger partial charge in [0.05, 0.1) is 11.2 Å². The highest BCUT2D eigenvalue weighted by molar-refractivity contribution is 7.07. The smallest absolute Gasteiger partial charge is 0.0795 e. The first kappa shape index (κ1) is 9.12. The summed E-state index contributed by atoms with van der Waals surface area (Å²) in [6.45, 7) is 3.39. The first-order chi connectivity index (χ1) is 6.38. The van der Waals surface area contributed by atoms with Crippen molar-refractivity contribution < 1.29 is 5.11 Å². The second kappa shape index (κ2) is 4.17. The zero-order valence-electron chi connectivity index (χ0n) is 7.52. The number of aliphatic hydroxyl groups is 1. The van der Waals surface area contributed by atoms with Gasteiger partial charge in [-0.1, -0.05) is 0 Å². The van der Waals surface area contributed by atoms with Crippen LogP contribution >= 0.6 is 11.3 Å². The van der Waals surface area contributed by atoms with Crippen molar-refractivity contribution in [2.75, 3.05) is 19.7 Å². The molecule has 1 aromatic heterocycles. The molecule has 0 radical (unpaired) electrons. The fourth-order valence-corrected chi connectivity index (χ4v) is 2.30. The molecule has 1 aromatic rings. The van der Waals surface area contributed by atoms with E-state index in [-0.39, 0.29) is 0 Å². The fraction of sp³-hybridized carbons (Fsp3) is 0.667. The summed E-state index contributed by atoms with van der Waals surface area (Å²) in [6.07, 6.45) is 1.13. The van der Waals surface area contributed by atoms with Crippen LogP contribution in [0.15, 0.2) is 10.9 Å². The van der Waals surface area contributed by atoms with Crippen LogP contribution in [0.25, 0.3) is 0 Å². The lowest BCUT2D eigenvalue weighted by molar-refractivity contribution is 0.219. The van der Waals surface area contributed by atoms with E-state index in [0.29, 0.717) is 12.5 Å². The molecule has 0 bridgehead atoms. The molecule has 0 aromatic carbocycles. The van der Waals surface area contributed by atoms with Gasteiger partial charge < -0.3 is 5.11 Å². The normalized spacial score (nSPS) is 23.9. The van der Waals surface area contributed by atoms with Crippen molar-refractivity contribution in [3.05, 3.63) is 16.6 Å². The molecular weight excluding hydrogens is 184 g/mol. The molecule has 1 unspecified atom stereocenters. The Hall–Kier alpha value is -0.450. The molecule has 2 heterocycles. The fourth-order valence-electron chi connectivity index (χ4n) is 1.75. The van der Waals surface area contributed by atoms with Crippen LogP contribution in [0.1, 0.15) is 12.1 Å². The van der Waals surface area contributed by atoms with Crippen LogP contribution in [0, 0.1) is 5.92 Å². The van der Waals surface area contributed by atoms with Gasteiger partial charge in [0.2, 0.25) is 0 Å². The predicted octanol–water partition coefficient (Wildman–Crippen LogP) is 0.957. The summed E-state index contributed by atoms with van der Waals surface area (Å²) in [6, 6.07) is 0. The lowest BCUT2D eigenvalue weighted by atomic mass is 10.1. The van der Waals surface area contributed by atoms with Crippen molar-refractivity contribution in [1.82, 2.24) is 9.88 Å². The highest BCUT2D eigenvalue weighted by Gasteiger charge is 2.21. The maximum Gasteiger partial charge on any atom is 0.0795 e. The highest BCUT2D eigenvalue weighted by Crippen LogP contribution is 2.17. The van der Waals surface area contributed by atoms with E-state index in [1.807, 2.05) is 5.51 Å². The van der Waals surface area contributed by atoms with Crippen molar-refractivity contribution in [2.24, 2.45) is 5.92 Å². The van der Waals surface area contributed by atoms with E-state index in [0.717, 1.165) is 31.7 Å². The van der Waals surface area contributed by atoms with Crippen LogP contribution in [0.5, 0.6) is 0 Å². The molecule has 0 saturated carbocycles. The Morgan fingerprint density at radius 2 is 2.62 bits per heavy atom. The third-order valence-corrected chi connectivity index (χ3v) is 3.13. The van der Waals surface area contributed by atoms with E-state index in [2.05, 4.69) is 15.3 Å². The maximum absolute atomic E-state index is 8.97. The minimum absolute atomic E-state index is 0.327. The predicted molar refractivity (Wildman–Crippen MR) is 52.6 cm³/mol. The molecule has 1 aliphatic rings. The summed E-state index contributed by atoms with van der Waals surface area (Å²) in [7, 11) is 0. The van der Waals surface area contributed by atoms with Crippen LogP contribution < -0.4 is 0 Å². The van der Waals surface area contributed by atoms with E-state index in [9.17, 15) is 0 Å². The second-order valence-electron chi connectivity index (χ2n) is 3.55. The quantitative estimate of drug-likeness (QED) is 0.786. The molecule has 2 rings (SSSR count). The molecule has 1 saturated heterocycles. The van der Waals surface area contributed by atoms with Gasteiger partial charge >= 0.3 is 0 Å². The molecule has 1 atom stereocenters. The van der Waals surface area contributed by atoms with Gasteiger partial charge in [-0.15, -0.1) is 11.3 Å². The van der Waals surface area contributed by atoms with Crippen LogP contribution in [0.4, 0.5) is 0 Å².